The van der Waals surface area contributed by atoms with Crippen molar-refractivity contribution in [3.8, 4) is 5.75 Å². The Morgan fingerprint density at radius 1 is 0.810 bits per heavy atom. The average molecular weight is 290 g/mol. The molecular weight excluding hydrogens is 256 g/mol. The van der Waals surface area contributed by atoms with Crippen LogP contribution in [0.5, 0.6) is 5.75 Å². The molecule has 0 radical (unpaired) electrons. The summed E-state index contributed by atoms with van der Waals surface area (Å²) in [7, 11) is 0. The highest BCUT2D eigenvalue weighted by Crippen LogP contribution is 2.27. The van der Waals surface area contributed by atoms with Gasteiger partial charge in [-0.15, -0.1) is 0 Å². The quantitative estimate of drug-likeness (QED) is 0.668. The topological polar surface area (TPSA) is 20.2 Å². The molecule has 0 aliphatic rings. The molecule has 120 valence electrons. The fraction of sp³-hybridized carbons (Fsp3) is 0.700. The van der Waals surface area contributed by atoms with Gasteiger partial charge < -0.3 is 5.11 Å². The highest BCUT2D eigenvalue weighted by atomic mass is 16.3. The van der Waals surface area contributed by atoms with Gasteiger partial charge in [-0.05, 0) is 66.5 Å². The second-order valence-electron chi connectivity index (χ2n) is 8.79. The third kappa shape index (κ3) is 8.14. The van der Waals surface area contributed by atoms with E-state index in [9.17, 15) is 5.11 Å². The van der Waals surface area contributed by atoms with Gasteiger partial charge in [-0.1, -0.05) is 53.7 Å². The summed E-state index contributed by atoms with van der Waals surface area (Å²) >= 11 is 0. The first-order valence-electron chi connectivity index (χ1n) is 8.38. The van der Waals surface area contributed by atoms with Crippen molar-refractivity contribution in [3.05, 3.63) is 29.3 Å². The van der Waals surface area contributed by atoms with Crippen LogP contribution >= 0.6 is 0 Å². The number of aryl methyl sites for hydroxylation is 2. The molecule has 1 heteroatoms. The van der Waals surface area contributed by atoms with E-state index in [1.165, 1.54) is 24.8 Å². The van der Waals surface area contributed by atoms with Crippen molar-refractivity contribution >= 4 is 0 Å². The molecule has 0 atom stereocenters. The number of hydrogen-bond donors (Lipinski definition) is 1. The summed E-state index contributed by atoms with van der Waals surface area (Å²) in [5.41, 5.74) is 3.27. The molecule has 0 spiro atoms. The predicted molar refractivity (Wildman–Crippen MR) is 92.9 cm³/mol. The number of aromatic hydroxyl groups is 1. The van der Waals surface area contributed by atoms with Gasteiger partial charge in [0, 0.05) is 0 Å². The minimum Gasteiger partial charge on any atom is -0.508 e. The summed E-state index contributed by atoms with van der Waals surface area (Å²) in [6, 6.07) is 6.16. The van der Waals surface area contributed by atoms with Crippen LogP contribution in [0.3, 0.4) is 0 Å². The van der Waals surface area contributed by atoms with Crippen molar-refractivity contribution in [2.24, 2.45) is 10.8 Å². The molecule has 0 aliphatic heterocycles. The van der Waals surface area contributed by atoms with Crippen LogP contribution in [-0.4, -0.2) is 5.11 Å². The van der Waals surface area contributed by atoms with Crippen molar-refractivity contribution in [2.75, 3.05) is 0 Å². The van der Waals surface area contributed by atoms with Gasteiger partial charge in [0.25, 0.3) is 0 Å². The number of phenols is 1. The van der Waals surface area contributed by atoms with Crippen LogP contribution in [0.25, 0.3) is 0 Å². The first-order valence-corrected chi connectivity index (χ1v) is 8.38. The zero-order chi connectivity index (χ0) is 16.1. The van der Waals surface area contributed by atoms with Gasteiger partial charge in [-0.2, -0.15) is 0 Å². The summed E-state index contributed by atoms with van der Waals surface area (Å²) < 4.78 is 0. The Morgan fingerprint density at radius 2 is 1.33 bits per heavy atom. The standard InChI is InChI=1S/C20H34O/c1-19(2,3)13-7-9-16-11-12-18(21)17(15-16)10-8-14-20(4,5)6/h11-12,15,21H,7-10,13-14H2,1-6H3. The molecular formula is C20H34O. The van der Waals surface area contributed by atoms with Gasteiger partial charge >= 0.3 is 0 Å². The lowest BCUT2D eigenvalue weighted by Gasteiger charge is -2.18. The molecule has 0 saturated heterocycles. The molecule has 1 rings (SSSR count). The van der Waals surface area contributed by atoms with E-state index in [1.807, 2.05) is 6.07 Å². The normalized spacial score (nSPS) is 12.7. The Labute approximate surface area is 131 Å². The van der Waals surface area contributed by atoms with Crippen LogP contribution in [-0.2, 0) is 12.8 Å². The molecule has 0 aliphatic carbocycles. The van der Waals surface area contributed by atoms with E-state index in [4.69, 9.17) is 0 Å². The third-order valence-corrected chi connectivity index (χ3v) is 3.91. The number of rotatable bonds is 6. The maximum Gasteiger partial charge on any atom is 0.118 e. The maximum atomic E-state index is 10.0. The summed E-state index contributed by atoms with van der Waals surface area (Å²) in [6.07, 6.45) is 6.90. The first-order chi connectivity index (χ1) is 9.57. The number of hydrogen-bond acceptors (Lipinski definition) is 1. The van der Waals surface area contributed by atoms with Crippen LogP contribution in [0.2, 0.25) is 0 Å². The molecule has 0 bridgehead atoms. The SMILES string of the molecule is CC(C)(C)CCCc1ccc(O)c(CCCC(C)(C)C)c1. The monoisotopic (exact) mass is 290 g/mol. The summed E-state index contributed by atoms with van der Waals surface area (Å²) in [5, 5.41) is 10.0. The zero-order valence-corrected chi connectivity index (χ0v) is 14.9. The molecule has 0 amide bonds. The smallest absolute Gasteiger partial charge is 0.118 e. The second-order valence-corrected chi connectivity index (χ2v) is 8.79. The Morgan fingerprint density at radius 3 is 1.86 bits per heavy atom. The predicted octanol–water partition coefficient (Wildman–Crippen LogP) is 6.13. The molecule has 1 aromatic carbocycles. The lowest BCUT2D eigenvalue weighted by atomic mass is 9.88. The van der Waals surface area contributed by atoms with Gasteiger partial charge in [-0.3, -0.25) is 0 Å². The minimum atomic E-state index is 0.375. The minimum absolute atomic E-state index is 0.375. The Hall–Kier alpha value is -0.980. The van der Waals surface area contributed by atoms with Crippen molar-refractivity contribution in [1.82, 2.24) is 0 Å². The zero-order valence-electron chi connectivity index (χ0n) is 14.9. The number of phenolic OH excluding ortho intramolecular Hbond substituents is 1. The highest BCUT2D eigenvalue weighted by molar-refractivity contribution is 5.36. The molecule has 1 nitrogen and oxygen atoms in total. The Balaban J connectivity index is 2.55. The van der Waals surface area contributed by atoms with Crippen molar-refractivity contribution in [3.63, 3.8) is 0 Å². The average Bonchev–Trinajstić information content (AvgIpc) is 2.29. The largest absolute Gasteiger partial charge is 0.508 e. The maximum absolute atomic E-state index is 10.0. The van der Waals surface area contributed by atoms with Gasteiger partial charge in [-0.25, -0.2) is 0 Å². The third-order valence-electron chi connectivity index (χ3n) is 3.91. The van der Waals surface area contributed by atoms with Gasteiger partial charge in [0.1, 0.15) is 5.75 Å². The number of benzene rings is 1. The van der Waals surface area contributed by atoms with E-state index in [2.05, 4.69) is 53.7 Å². The van der Waals surface area contributed by atoms with E-state index >= 15 is 0 Å². The summed E-state index contributed by atoms with van der Waals surface area (Å²) in [5.74, 6) is 0.462. The van der Waals surface area contributed by atoms with Crippen LogP contribution in [0.4, 0.5) is 0 Å². The van der Waals surface area contributed by atoms with Crippen molar-refractivity contribution in [1.29, 1.82) is 0 Å². The summed E-state index contributed by atoms with van der Waals surface area (Å²) in [6.45, 7) is 13.7. The van der Waals surface area contributed by atoms with Gasteiger partial charge in [0.05, 0.1) is 0 Å². The lowest BCUT2D eigenvalue weighted by Crippen LogP contribution is -2.05. The van der Waals surface area contributed by atoms with Gasteiger partial charge in [0.2, 0.25) is 0 Å². The van der Waals surface area contributed by atoms with E-state index < -0.39 is 0 Å². The molecule has 0 heterocycles. The second kappa shape index (κ2) is 7.33. The first kappa shape index (κ1) is 18.1. The van der Waals surface area contributed by atoms with E-state index in [1.54, 1.807) is 0 Å². The van der Waals surface area contributed by atoms with E-state index in [-0.39, 0.29) is 0 Å². The fourth-order valence-electron chi connectivity index (χ4n) is 2.63. The molecule has 0 unspecified atom stereocenters. The van der Waals surface area contributed by atoms with Crippen LogP contribution in [0, 0.1) is 10.8 Å². The highest BCUT2D eigenvalue weighted by Gasteiger charge is 2.12. The van der Waals surface area contributed by atoms with Crippen LogP contribution in [0.1, 0.15) is 78.4 Å². The summed E-state index contributed by atoms with van der Waals surface area (Å²) in [4.78, 5) is 0. The molecule has 1 N–H and O–H groups in total. The van der Waals surface area contributed by atoms with Crippen LogP contribution < -0.4 is 0 Å². The van der Waals surface area contributed by atoms with E-state index in [0.29, 0.717) is 16.6 Å². The molecule has 0 aromatic heterocycles. The molecule has 1 aromatic rings. The fourth-order valence-corrected chi connectivity index (χ4v) is 2.63. The van der Waals surface area contributed by atoms with Crippen molar-refractivity contribution in [2.45, 2.75) is 80.1 Å². The lowest BCUT2D eigenvalue weighted by molar-refractivity contribution is 0.363. The molecule has 0 saturated carbocycles. The Bertz CT molecular complexity index is 432. The molecule has 21 heavy (non-hydrogen) atoms. The van der Waals surface area contributed by atoms with Gasteiger partial charge in [0.15, 0.2) is 0 Å². The van der Waals surface area contributed by atoms with Crippen LogP contribution in [0.15, 0.2) is 18.2 Å². The van der Waals surface area contributed by atoms with Crippen molar-refractivity contribution < 1.29 is 5.11 Å². The Kier molecular flexibility index (Phi) is 6.31. The van der Waals surface area contributed by atoms with E-state index in [0.717, 1.165) is 24.8 Å². The molecule has 0 fully saturated rings.